The molecule has 6 heteroatoms. The first-order valence-corrected chi connectivity index (χ1v) is 8.83. The summed E-state index contributed by atoms with van der Waals surface area (Å²) in [5, 5.41) is 0. The van der Waals surface area contributed by atoms with Gasteiger partial charge in [0.25, 0.3) is 5.91 Å². The van der Waals surface area contributed by atoms with Crippen LogP contribution in [0.4, 0.5) is 5.69 Å². The number of amides is 1. The Morgan fingerprint density at radius 2 is 1.74 bits per heavy atom. The van der Waals surface area contributed by atoms with Gasteiger partial charge in [-0.1, -0.05) is 18.2 Å². The maximum absolute atomic E-state index is 12.6. The van der Waals surface area contributed by atoms with Crippen molar-refractivity contribution < 1.29 is 23.8 Å². The first kappa shape index (κ1) is 20.3. The van der Waals surface area contributed by atoms with Gasteiger partial charge < -0.3 is 19.1 Å². The molecular weight excluding hydrogens is 346 g/mol. The van der Waals surface area contributed by atoms with Crippen LogP contribution in [0.1, 0.15) is 31.1 Å². The second-order valence-corrected chi connectivity index (χ2v) is 6.07. The van der Waals surface area contributed by atoms with Gasteiger partial charge in [-0.3, -0.25) is 4.79 Å². The monoisotopic (exact) mass is 371 g/mol. The summed E-state index contributed by atoms with van der Waals surface area (Å²) >= 11 is 0. The van der Waals surface area contributed by atoms with Crippen LogP contribution in [-0.4, -0.2) is 38.2 Å². The first-order chi connectivity index (χ1) is 13.0. The van der Waals surface area contributed by atoms with Crippen molar-refractivity contribution in [3.63, 3.8) is 0 Å². The summed E-state index contributed by atoms with van der Waals surface area (Å²) in [6.45, 7) is 5.75. The first-order valence-electron chi connectivity index (χ1n) is 8.83. The standard InChI is InChI=1S/C21H25NO5/c1-5-26-19-13-16(11-12-18(19)25-4)21(24)27-14-20(23)22(15(2)3)17-9-7-6-8-10-17/h6-13,15H,5,14H2,1-4H3. The molecule has 0 aliphatic heterocycles. The van der Waals surface area contributed by atoms with Crippen molar-refractivity contribution in [3.8, 4) is 11.5 Å². The second-order valence-electron chi connectivity index (χ2n) is 6.07. The lowest BCUT2D eigenvalue weighted by atomic mass is 10.2. The summed E-state index contributed by atoms with van der Waals surface area (Å²) < 4.78 is 15.9. The van der Waals surface area contributed by atoms with Gasteiger partial charge in [0, 0.05) is 11.7 Å². The molecule has 0 N–H and O–H groups in total. The van der Waals surface area contributed by atoms with E-state index in [-0.39, 0.29) is 18.6 Å². The predicted octanol–water partition coefficient (Wildman–Crippen LogP) is 3.69. The van der Waals surface area contributed by atoms with Crippen molar-refractivity contribution in [3.05, 3.63) is 54.1 Å². The van der Waals surface area contributed by atoms with E-state index in [0.717, 1.165) is 5.69 Å². The summed E-state index contributed by atoms with van der Waals surface area (Å²) in [6.07, 6.45) is 0. The minimum atomic E-state index is -0.594. The molecule has 0 bridgehead atoms. The molecular formula is C21H25NO5. The summed E-state index contributed by atoms with van der Waals surface area (Å²) in [5.74, 6) is 0.0974. The molecule has 0 heterocycles. The molecule has 0 fully saturated rings. The van der Waals surface area contributed by atoms with Crippen LogP contribution in [0.3, 0.4) is 0 Å². The summed E-state index contributed by atoms with van der Waals surface area (Å²) in [5.41, 5.74) is 1.06. The van der Waals surface area contributed by atoms with E-state index in [1.54, 1.807) is 23.1 Å². The number of ether oxygens (including phenoxy) is 3. The Labute approximate surface area is 159 Å². The largest absolute Gasteiger partial charge is 0.493 e. The van der Waals surface area contributed by atoms with Gasteiger partial charge in [-0.15, -0.1) is 0 Å². The highest BCUT2D eigenvalue weighted by atomic mass is 16.5. The van der Waals surface area contributed by atoms with E-state index in [2.05, 4.69) is 0 Å². The lowest BCUT2D eigenvalue weighted by Crippen LogP contribution is -2.39. The average molecular weight is 371 g/mol. The van der Waals surface area contributed by atoms with E-state index in [1.165, 1.54) is 7.11 Å². The maximum atomic E-state index is 12.6. The molecule has 6 nitrogen and oxygen atoms in total. The highest BCUT2D eigenvalue weighted by Crippen LogP contribution is 2.28. The van der Waals surface area contributed by atoms with Gasteiger partial charge in [0.2, 0.25) is 0 Å². The number of rotatable bonds is 8. The van der Waals surface area contributed by atoms with E-state index in [4.69, 9.17) is 14.2 Å². The van der Waals surface area contributed by atoms with Gasteiger partial charge in [0.05, 0.1) is 19.3 Å². The van der Waals surface area contributed by atoms with Crippen LogP contribution in [0, 0.1) is 0 Å². The molecule has 2 aromatic carbocycles. The lowest BCUT2D eigenvalue weighted by molar-refractivity contribution is -0.122. The van der Waals surface area contributed by atoms with Gasteiger partial charge in [0.15, 0.2) is 18.1 Å². The van der Waals surface area contributed by atoms with Gasteiger partial charge in [-0.25, -0.2) is 4.79 Å². The Morgan fingerprint density at radius 3 is 2.33 bits per heavy atom. The minimum absolute atomic E-state index is 0.0656. The third-order valence-electron chi connectivity index (χ3n) is 3.85. The van der Waals surface area contributed by atoms with Gasteiger partial charge >= 0.3 is 5.97 Å². The number of anilines is 1. The zero-order valence-electron chi connectivity index (χ0n) is 16.1. The Kier molecular flexibility index (Phi) is 7.23. The normalized spacial score (nSPS) is 10.4. The number of methoxy groups -OCH3 is 1. The molecule has 0 unspecified atom stereocenters. The van der Waals surface area contributed by atoms with Crippen LogP contribution in [0.2, 0.25) is 0 Å². The average Bonchev–Trinajstić information content (AvgIpc) is 2.67. The quantitative estimate of drug-likeness (QED) is 0.662. The maximum Gasteiger partial charge on any atom is 0.338 e. The zero-order chi connectivity index (χ0) is 19.8. The fraction of sp³-hybridized carbons (Fsp3) is 0.333. The smallest absolute Gasteiger partial charge is 0.338 e. The van der Waals surface area contributed by atoms with Crippen molar-refractivity contribution in [1.82, 2.24) is 0 Å². The molecule has 2 aromatic rings. The highest BCUT2D eigenvalue weighted by molar-refractivity contribution is 5.97. The number of hydrogen-bond donors (Lipinski definition) is 0. The fourth-order valence-corrected chi connectivity index (χ4v) is 2.67. The number of carbonyl (C=O) groups is 2. The summed E-state index contributed by atoms with van der Waals surface area (Å²) in [4.78, 5) is 26.5. The van der Waals surface area contributed by atoms with Crippen LogP contribution in [-0.2, 0) is 9.53 Å². The summed E-state index contributed by atoms with van der Waals surface area (Å²) in [6, 6.07) is 14.0. The Balaban J connectivity index is 2.07. The summed E-state index contributed by atoms with van der Waals surface area (Å²) in [7, 11) is 1.53. The zero-order valence-corrected chi connectivity index (χ0v) is 16.1. The van der Waals surface area contributed by atoms with E-state index < -0.39 is 5.97 Å². The van der Waals surface area contributed by atoms with Crippen molar-refractivity contribution in [2.24, 2.45) is 0 Å². The molecule has 0 aromatic heterocycles. The number of para-hydroxylation sites is 1. The van der Waals surface area contributed by atoms with E-state index in [9.17, 15) is 9.59 Å². The molecule has 0 saturated carbocycles. The minimum Gasteiger partial charge on any atom is -0.493 e. The van der Waals surface area contributed by atoms with Crippen molar-refractivity contribution in [2.75, 3.05) is 25.2 Å². The predicted molar refractivity (Wildman–Crippen MR) is 104 cm³/mol. The van der Waals surface area contributed by atoms with Gasteiger partial charge in [-0.2, -0.15) is 0 Å². The lowest BCUT2D eigenvalue weighted by Gasteiger charge is -2.26. The van der Waals surface area contributed by atoms with Crippen molar-refractivity contribution >= 4 is 17.6 Å². The van der Waals surface area contributed by atoms with E-state index >= 15 is 0 Å². The molecule has 0 aliphatic carbocycles. The molecule has 0 aliphatic rings. The number of nitrogens with zero attached hydrogens (tertiary/aromatic N) is 1. The Morgan fingerprint density at radius 1 is 1.04 bits per heavy atom. The topological polar surface area (TPSA) is 65.1 Å². The van der Waals surface area contributed by atoms with Gasteiger partial charge in [0.1, 0.15) is 0 Å². The molecule has 0 radical (unpaired) electrons. The molecule has 2 rings (SSSR count). The molecule has 144 valence electrons. The number of benzene rings is 2. The molecule has 0 spiro atoms. The SMILES string of the molecule is CCOc1cc(C(=O)OCC(=O)N(c2ccccc2)C(C)C)ccc1OC. The highest BCUT2D eigenvalue weighted by Gasteiger charge is 2.21. The van der Waals surface area contributed by atoms with Crippen LogP contribution in [0.25, 0.3) is 0 Å². The Bertz CT molecular complexity index is 773. The molecule has 0 saturated heterocycles. The van der Waals surface area contributed by atoms with E-state index in [1.807, 2.05) is 51.1 Å². The van der Waals surface area contributed by atoms with E-state index in [0.29, 0.717) is 23.7 Å². The van der Waals surface area contributed by atoms with Crippen molar-refractivity contribution in [1.29, 1.82) is 0 Å². The third-order valence-corrected chi connectivity index (χ3v) is 3.85. The number of esters is 1. The molecule has 1 amide bonds. The molecule has 0 atom stereocenters. The fourth-order valence-electron chi connectivity index (χ4n) is 2.67. The van der Waals surface area contributed by atoms with Crippen LogP contribution in [0.15, 0.2) is 48.5 Å². The van der Waals surface area contributed by atoms with Crippen LogP contribution in [0.5, 0.6) is 11.5 Å². The Hall–Kier alpha value is -3.02. The van der Waals surface area contributed by atoms with Crippen LogP contribution < -0.4 is 14.4 Å². The van der Waals surface area contributed by atoms with Crippen molar-refractivity contribution in [2.45, 2.75) is 26.8 Å². The third kappa shape index (κ3) is 5.23. The van der Waals surface area contributed by atoms with Crippen LogP contribution >= 0.6 is 0 Å². The second kappa shape index (κ2) is 9.62. The van der Waals surface area contributed by atoms with Gasteiger partial charge in [-0.05, 0) is 51.1 Å². The number of carbonyl (C=O) groups excluding carboxylic acids is 2. The molecule has 27 heavy (non-hydrogen) atoms. The number of hydrogen-bond acceptors (Lipinski definition) is 5.